The summed E-state index contributed by atoms with van der Waals surface area (Å²) in [5.74, 6) is -0.0294. The SMILES string of the molecule is CC[C@@H](CO)NC(=O)CCC(C)N. The Labute approximate surface area is 79.5 Å². The number of aliphatic hydroxyl groups excluding tert-OH is 1. The minimum Gasteiger partial charge on any atom is -0.394 e. The van der Waals surface area contributed by atoms with Gasteiger partial charge in [-0.2, -0.15) is 0 Å². The van der Waals surface area contributed by atoms with Crippen LogP contribution in [-0.2, 0) is 4.79 Å². The molecule has 0 aromatic heterocycles. The minimum atomic E-state index is -0.111. The third-order valence-electron chi connectivity index (χ3n) is 1.91. The van der Waals surface area contributed by atoms with E-state index in [9.17, 15) is 4.79 Å². The van der Waals surface area contributed by atoms with Gasteiger partial charge in [-0.15, -0.1) is 0 Å². The molecule has 4 N–H and O–H groups in total. The maximum Gasteiger partial charge on any atom is 0.220 e. The number of carbonyl (C=O) groups excluding carboxylic acids is 1. The van der Waals surface area contributed by atoms with Crippen LogP contribution in [0.15, 0.2) is 0 Å². The van der Waals surface area contributed by atoms with Crippen molar-refractivity contribution in [2.75, 3.05) is 6.61 Å². The molecule has 0 spiro atoms. The Hall–Kier alpha value is -0.610. The van der Waals surface area contributed by atoms with Gasteiger partial charge in [0, 0.05) is 12.5 Å². The fraction of sp³-hybridized carbons (Fsp3) is 0.889. The van der Waals surface area contributed by atoms with Crippen LogP contribution in [0.3, 0.4) is 0 Å². The van der Waals surface area contributed by atoms with Crippen LogP contribution in [-0.4, -0.2) is 29.7 Å². The molecule has 4 nitrogen and oxygen atoms in total. The number of hydrogen-bond donors (Lipinski definition) is 3. The van der Waals surface area contributed by atoms with Gasteiger partial charge in [-0.1, -0.05) is 6.92 Å². The molecule has 2 atom stereocenters. The summed E-state index contributed by atoms with van der Waals surface area (Å²) in [5.41, 5.74) is 5.51. The molecule has 0 aliphatic heterocycles. The van der Waals surface area contributed by atoms with E-state index in [1.165, 1.54) is 0 Å². The van der Waals surface area contributed by atoms with Gasteiger partial charge < -0.3 is 16.2 Å². The van der Waals surface area contributed by atoms with Crippen LogP contribution >= 0.6 is 0 Å². The number of nitrogens with one attached hydrogen (secondary N) is 1. The van der Waals surface area contributed by atoms with Crippen LogP contribution in [0.2, 0.25) is 0 Å². The van der Waals surface area contributed by atoms with Crippen LogP contribution < -0.4 is 11.1 Å². The molecule has 0 fully saturated rings. The Morgan fingerprint density at radius 3 is 2.62 bits per heavy atom. The van der Waals surface area contributed by atoms with Crippen molar-refractivity contribution in [3.8, 4) is 0 Å². The van der Waals surface area contributed by atoms with Crippen molar-refractivity contribution >= 4 is 5.91 Å². The van der Waals surface area contributed by atoms with Crippen molar-refractivity contribution in [3.63, 3.8) is 0 Å². The number of rotatable bonds is 6. The molecule has 0 saturated heterocycles. The summed E-state index contributed by atoms with van der Waals surface area (Å²) in [7, 11) is 0. The van der Waals surface area contributed by atoms with Crippen molar-refractivity contribution in [1.29, 1.82) is 0 Å². The summed E-state index contributed by atoms with van der Waals surface area (Å²) < 4.78 is 0. The van der Waals surface area contributed by atoms with Gasteiger partial charge in [0.05, 0.1) is 12.6 Å². The van der Waals surface area contributed by atoms with Gasteiger partial charge in [0.2, 0.25) is 5.91 Å². The quantitative estimate of drug-likeness (QED) is 0.549. The molecular weight excluding hydrogens is 168 g/mol. The fourth-order valence-corrected chi connectivity index (χ4v) is 0.935. The maximum atomic E-state index is 11.2. The highest BCUT2D eigenvalue weighted by Gasteiger charge is 2.09. The highest BCUT2D eigenvalue weighted by Crippen LogP contribution is 1.95. The van der Waals surface area contributed by atoms with E-state index in [0.29, 0.717) is 12.8 Å². The van der Waals surface area contributed by atoms with Crippen LogP contribution in [0, 0.1) is 0 Å². The highest BCUT2D eigenvalue weighted by molar-refractivity contribution is 5.76. The van der Waals surface area contributed by atoms with Crippen LogP contribution in [0.1, 0.15) is 33.1 Å². The second-order valence-electron chi connectivity index (χ2n) is 3.37. The molecule has 0 heterocycles. The first-order valence-corrected chi connectivity index (χ1v) is 4.76. The zero-order chi connectivity index (χ0) is 10.3. The minimum absolute atomic E-state index is 0.000415. The molecule has 0 aliphatic carbocycles. The monoisotopic (exact) mass is 188 g/mol. The number of nitrogens with two attached hydrogens (primary N) is 1. The third kappa shape index (κ3) is 6.54. The average molecular weight is 188 g/mol. The fourth-order valence-electron chi connectivity index (χ4n) is 0.935. The number of carbonyl (C=O) groups is 1. The van der Waals surface area contributed by atoms with Crippen molar-refractivity contribution in [3.05, 3.63) is 0 Å². The van der Waals surface area contributed by atoms with E-state index >= 15 is 0 Å². The van der Waals surface area contributed by atoms with Crippen molar-refractivity contribution < 1.29 is 9.90 Å². The van der Waals surface area contributed by atoms with Crippen LogP contribution in [0.4, 0.5) is 0 Å². The van der Waals surface area contributed by atoms with E-state index in [-0.39, 0.29) is 24.6 Å². The van der Waals surface area contributed by atoms with Crippen molar-refractivity contribution in [2.45, 2.75) is 45.2 Å². The Morgan fingerprint density at radius 2 is 2.23 bits per heavy atom. The average Bonchev–Trinajstić information content (AvgIpc) is 2.10. The molecule has 78 valence electrons. The first kappa shape index (κ1) is 12.4. The summed E-state index contributed by atoms with van der Waals surface area (Å²) in [5, 5.41) is 11.5. The zero-order valence-electron chi connectivity index (χ0n) is 8.42. The predicted molar refractivity (Wildman–Crippen MR) is 52.2 cm³/mol. The molecule has 1 unspecified atom stereocenters. The lowest BCUT2D eigenvalue weighted by atomic mass is 10.1. The van der Waals surface area contributed by atoms with E-state index in [2.05, 4.69) is 5.32 Å². The number of hydrogen-bond acceptors (Lipinski definition) is 3. The van der Waals surface area contributed by atoms with E-state index in [0.717, 1.165) is 6.42 Å². The number of amides is 1. The Kier molecular flexibility index (Phi) is 6.54. The summed E-state index contributed by atoms with van der Waals surface area (Å²) in [6.45, 7) is 3.80. The summed E-state index contributed by atoms with van der Waals surface area (Å²) in [4.78, 5) is 11.2. The lowest BCUT2D eigenvalue weighted by Gasteiger charge is -2.14. The van der Waals surface area contributed by atoms with Crippen molar-refractivity contribution in [2.24, 2.45) is 5.73 Å². The van der Waals surface area contributed by atoms with E-state index < -0.39 is 0 Å². The van der Waals surface area contributed by atoms with E-state index in [1.54, 1.807) is 0 Å². The molecule has 1 amide bonds. The highest BCUT2D eigenvalue weighted by atomic mass is 16.3. The Bertz CT molecular complexity index is 145. The standard InChI is InChI=1S/C9H20N2O2/c1-3-8(6-12)11-9(13)5-4-7(2)10/h7-8,12H,3-6,10H2,1-2H3,(H,11,13)/t7?,8-/m0/s1. The first-order chi connectivity index (χ1) is 6.10. The molecule has 4 heteroatoms. The molecule has 0 saturated carbocycles. The topological polar surface area (TPSA) is 75.3 Å². The molecule has 0 rings (SSSR count). The molecule has 0 aromatic carbocycles. The van der Waals surface area contributed by atoms with E-state index in [1.807, 2.05) is 13.8 Å². The summed E-state index contributed by atoms with van der Waals surface area (Å²) in [6.07, 6.45) is 1.88. The summed E-state index contributed by atoms with van der Waals surface area (Å²) >= 11 is 0. The Morgan fingerprint density at radius 1 is 1.62 bits per heavy atom. The van der Waals surface area contributed by atoms with Crippen LogP contribution in [0.5, 0.6) is 0 Å². The number of aliphatic hydroxyl groups is 1. The second-order valence-corrected chi connectivity index (χ2v) is 3.37. The van der Waals surface area contributed by atoms with E-state index in [4.69, 9.17) is 10.8 Å². The van der Waals surface area contributed by atoms with Gasteiger partial charge >= 0.3 is 0 Å². The normalized spacial score (nSPS) is 15.1. The molecule has 13 heavy (non-hydrogen) atoms. The maximum absolute atomic E-state index is 11.2. The molecule has 0 aliphatic rings. The smallest absolute Gasteiger partial charge is 0.220 e. The Balaban J connectivity index is 3.60. The van der Waals surface area contributed by atoms with Crippen molar-refractivity contribution in [1.82, 2.24) is 5.32 Å². The zero-order valence-corrected chi connectivity index (χ0v) is 8.42. The predicted octanol–water partition coefficient (Wildman–Crippen LogP) is 0.000900. The molecule has 0 radical (unpaired) electrons. The molecule has 0 aromatic rings. The van der Waals surface area contributed by atoms with Gasteiger partial charge in [0.15, 0.2) is 0 Å². The van der Waals surface area contributed by atoms with Gasteiger partial charge in [-0.25, -0.2) is 0 Å². The van der Waals surface area contributed by atoms with Gasteiger partial charge in [0.1, 0.15) is 0 Å². The summed E-state index contributed by atoms with van der Waals surface area (Å²) in [6, 6.07) is -0.0551. The second kappa shape index (κ2) is 6.86. The first-order valence-electron chi connectivity index (χ1n) is 4.76. The lowest BCUT2D eigenvalue weighted by molar-refractivity contribution is -0.122. The van der Waals surface area contributed by atoms with Crippen LogP contribution in [0.25, 0.3) is 0 Å². The van der Waals surface area contributed by atoms with Gasteiger partial charge in [-0.3, -0.25) is 4.79 Å². The van der Waals surface area contributed by atoms with Gasteiger partial charge in [-0.05, 0) is 19.8 Å². The third-order valence-corrected chi connectivity index (χ3v) is 1.91. The molecular formula is C9H20N2O2. The molecule has 0 bridgehead atoms. The van der Waals surface area contributed by atoms with Gasteiger partial charge in [0.25, 0.3) is 0 Å². The lowest BCUT2D eigenvalue weighted by Crippen LogP contribution is -2.37. The largest absolute Gasteiger partial charge is 0.394 e.